The first-order valence-corrected chi connectivity index (χ1v) is 12.6. The Hall–Kier alpha value is -3.66. The normalized spacial score (nSPS) is 13.2. The van der Waals surface area contributed by atoms with Crippen LogP contribution in [0, 0.1) is 0 Å². The monoisotopic (exact) mass is 482 g/mol. The van der Waals surface area contributed by atoms with E-state index in [1.54, 1.807) is 35.6 Å². The number of fused-ring (bicyclic) bond motifs is 1. The number of nitrogens with one attached hydrogen (secondary N) is 1. The van der Waals surface area contributed by atoms with E-state index in [1.807, 2.05) is 31.2 Å². The molecule has 1 aliphatic heterocycles. The van der Waals surface area contributed by atoms with E-state index in [9.17, 15) is 13.2 Å². The Morgan fingerprint density at radius 2 is 1.94 bits per heavy atom. The second kappa shape index (κ2) is 10.1. The minimum absolute atomic E-state index is 0.0130. The topological polar surface area (TPSA) is 111 Å². The van der Waals surface area contributed by atoms with Crippen molar-refractivity contribution in [1.82, 2.24) is 9.97 Å². The molecule has 178 valence electrons. The molecule has 3 aromatic rings. The van der Waals surface area contributed by atoms with E-state index in [4.69, 9.17) is 9.47 Å². The number of carbonyl (C=O) groups is 1. The molecule has 34 heavy (non-hydrogen) atoms. The van der Waals surface area contributed by atoms with Crippen molar-refractivity contribution in [3.05, 3.63) is 60.6 Å². The first-order chi connectivity index (χ1) is 16.4. The lowest BCUT2D eigenvalue weighted by Gasteiger charge is -2.30. The molecule has 4 rings (SSSR count). The Morgan fingerprint density at radius 1 is 1.15 bits per heavy atom. The molecule has 2 aromatic heterocycles. The van der Waals surface area contributed by atoms with E-state index in [1.165, 1.54) is 7.11 Å². The number of hydrogen-bond donors (Lipinski definition) is 1. The minimum atomic E-state index is -3.54. The first-order valence-electron chi connectivity index (χ1n) is 10.9. The van der Waals surface area contributed by atoms with Crippen molar-refractivity contribution in [2.24, 2.45) is 0 Å². The highest BCUT2D eigenvalue weighted by atomic mass is 32.2. The molecule has 0 saturated heterocycles. The molecular weight excluding hydrogens is 456 g/mol. The number of ether oxygens (including phenoxy) is 2. The number of sulfonamides is 1. The maximum absolute atomic E-state index is 12.7. The number of benzene rings is 1. The van der Waals surface area contributed by atoms with Crippen molar-refractivity contribution >= 4 is 27.3 Å². The SMILES string of the molecule is CCCCS(=O)(=O)Nc1cc(-c2ccc3c(c2)N(Cc2ccncc2)C(=O)CO3)cnc1OC. The number of carbonyl (C=O) groups excluding carboxylic acids is 1. The van der Waals surface area contributed by atoms with Crippen LogP contribution in [0.5, 0.6) is 11.6 Å². The number of pyridine rings is 2. The highest BCUT2D eigenvalue weighted by Gasteiger charge is 2.26. The summed E-state index contributed by atoms with van der Waals surface area (Å²) in [5, 5.41) is 0. The standard InChI is InChI=1S/C24H26N4O5S/c1-3-4-11-34(30,31)27-20-12-19(14-26-24(20)32-2)18-5-6-22-21(13-18)28(23(29)16-33-22)15-17-7-9-25-10-8-17/h5-10,12-14,27H,3-4,11,15-16H2,1-2H3. The Bertz CT molecular complexity index is 1280. The molecule has 0 atom stereocenters. The van der Waals surface area contributed by atoms with Gasteiger partial charge in [-0.05, 0) is 47.9 Å². The first kappa shape index (κ1) is 23.5. The molecule has 0 fully saturated rings. The fraction of sp³-hybridized carbons (Fsp3) is 0.292. The predicted octanol–water partition coefficient (Wildman–Crippen LogP) is 3.62. The van der Waals surface area contributed by atoms with E-state index in [0.717, 1.165) is 17.5 Å². The number of anilines is 2. The Kier molecular flexibility index (Phi) is 6.97. The molecule has 1 aromatic carbocycles. The van der Waals surface area contributed by atoms with Crippen molar-refractivity contribution in [2.45, 2.75) is 26.3 Å². The third kappa shape index (κ3) is 5.28. The van der Waals surface area contributed by atoms with Gasteiger partial charge in [0, 0.05) is 24.2 Å². The van der Waals surface area contributed by atoms with Gasteiger partial charge in [-0.15, -0.1) is 0 Å². The van der Waals surface area contributed by atoms with Gasteiger partial charge in [0.05, 0.1) is 25.1 Å². The van der Waals surface area contributed by atoms with Crippen molar-refractivity contribution in [3.8, 4) is 22.8 Å². The van der Waals surface area contributed by atoms with Gasteiger partial charge in [0.1, 0.15) is 11.4 Å². The summed E-state index contributed by atoms with van der Waals surface area (Å²) >= 11 is 0. The van der Waals surface area contributed by atoms with E-state index in [2.05, 4.69) is 14.7 Å². The molecular formula is C24H26N4O5S. The number of unbranched alkanes of at least 4 members (excludes halogenated alkanes) is 1. The summed E-state index contributed by atoms with van der Waals surface area (Å²) < 4.78 is 38.4. The smallest absolute Gasteiger partial charge is 0.265 e. The maximum atomic E-state index is 12.7. The molecule has 0 saturated carbocycles. The average molecular weight is 483 g/mol. The van der Waals surface area contributed by atoms with E-state index < -0.39 is 10.0 Å². The van der Waals surface area contributed by atoms with Crippen LogP contribution in [-0.4, -0.2) is 43.8 Å². The highest BCUT2D eigenvalue weighted by molar-refractivity contribution is 7.92. The molecule has 10 heteroatoms. The summed E-state index contributed by atoms with van der Waals surface area (Å²) in [6.07, 6.45) is 6.29. The fourth-order valence-corrected chi connectivity index (χ4v) is 4.88. The predicted molar refractivity (Wildman–Crippen MR) is 129 cm³/mol. The summed E-state index contributed by atoms with van der Waals surface area (Å²) in [7, 11) is -2.11. The summed E-state index contributed by atoms with van der Waals surface area (Å²) in [6, 6.07) is 10.9. The van der Waals surface area contributed by atoms with Crippen LogP contribution in [0.3, 0.4) is 0 Å². The van der Waals surface area contributed by atoms with Crippen LogP contribution < -0.4 is 19.1 Å². The third-order valence-corrected chi connectivity index (χ3v) is 6.76. The summed E-state index contributed by atoms with van der Waals surface area (Å²) in [6.45, 7) is 2.27. The highest BCUT2D eigenvalue weighted by Crippen LogP contribution is 2.38. The van der Waals surface area contributed by atoms with Gasteiger partial charge >= 0.3 is 0 Å². The van der Waals surface area contributed by atoms with Gasteiger partial charge in [-0.25, -0.2) is 13.4 Å². The second-order valence-electron chi connectivity index (χ2n) is 7.86. The van der Waals surface area contributed by atoms with Gasteiger partial charge in [-0.2, -0.15) is 0 Å². The number of rotatable bonds is 9. The van der Waals surface area contributed by atoms with E-state index >= 15 is 0 Å². The number of methoxy groups -OCH3 is 1. The van der Waals surface area contributed by atoms with Gasteiger partial charge in [-0.3, -0.25) is 14.5 Å². The van der Waals surface area contributed by atoms with Crippen molar-refractivity contribution < 1.29 is 22.7 Å². The van der Waals surface area contributed by atoms with Gasteiger partial charge in [0.2, 0.25) is 15.9 Å². The molecule has 0 radical (unpaired) electrons. The van der Waals surface area contributed by atoms with Crippen LogP contribution in [0.15, 0.2) is 55.0 Å². The zero-order valence-electron chi connectivity index (χ0n) is 19.0. The lowest BCUT2D eigenvalue weighted by molar-refractivity contribution is -0.121. The summed E-state index contributed by atoms with van der Waals surface area (Å²) in [4.78, 5) is 22.6. The third-order valence-electron chi connectivity index (χ3n) is 5.40. The van der Waals surface area contributed by atoms with Gasteiger partial charge in [0.25, 0.3) is 5.91 Å². The summed E-state index contributed by atoms with van der Waals surface area (Å²) in [5.74, 6) is 0.636. The molecule has 9 nitrogen and oxygen atoms in total. The number of hydrogen-bond acceptors (Lipinski definition) is 7. The molecule has 0 unspecified atom stereocenters. The van der Waals surface area contributed by atoms with Crippen LogP contribution in [0.25, 0.3) is 11.1 Å². The van der Waals surface area contributed by atoms with Gasteiger partial charge in [-0.1, -0.05) is 19.4 Å². The number of amides is 1. The molecule has 0 bridgehead atoms. The molecule has 0 aliphatic carbocycles. The average Bonchev–Trinajstić information content (AvgIpc) is 2.84. The Morgan fingerprint density at radius 3 is 2.68 bits per heavy atom. The lowest BCUT2D eigenvalue weighted by Crippen LogP contribution is -2.38. The Labute approximate surface area is 198 Å². The molecule has 1 aliphatic rings. The molecule has 1 amide bonds. The molecule has 0 spiro atoms. The largest absolute Gasteiger partial charge is 0.482 e. The zero-order chi connectivity index (χ0) is 24.1. The second-order valence-corrected chi connectivity index (χ2v) is 9.70. The van der Waals surface area contributed by atoms with Crippen molar-refractivity contribution in [2.75, 3.05) is 29.1 Å². The van der Waals surface area contributed by atoms with Crippen LogP contribution in [0.2, 0.25) is 0 Å². The summed E-state index contributed by atoms with van der Waals surface area (Å²) in [5.41, 5.74) is 3.25. The van der Waals surface area contributed by atoms with Crippen molar-refractivity contribution in [1.29, 1.82) is 0 Å². The molecule has 3 heterocycles. The zero-order valence-corrected chi connectivity index (χ0v) is 19.8. The minimum Gasteiger partial charge on any atom is -0.482 e. The maximum Gasteiger partial charge on any atom is 0.265 e. The van der Waals surface area contributed by atoms with Crippen LogP contribution in [0.4, 0.5) is 11.4 Å². The van der Waals surface area contributed by atoms with Gasteiger partial charge in [0.15, 0.2) is 6.61 Å². The van der Waals surface area contributed by atoms with Crippen molar-refractivity contribution in [3.63, 3.8) is 0 Å². The van der Waals surface area contributed by atoms with E-state index in [0.29, 0.717) is 30.0 Å². The van der Waals surface area contributed by atoms with Gasteiger partial charge < -0.3 is 14.4 Å². The number of nitrogens with zero attached hydrogens (tertiary/aromatic N) is 3. The van der Waals surface area contributed by atoms with Crippen LogP contribution in [-0.2, 0) is 21.4 Å². The lowest BCUT2D eigenvalue weighted by atomic mass is 10.0. The van der Waals surface area contributed by atoms with Crippen LogP contribution in [0.1, 0.15) is 25.3 Å². The van der Waals surface area contributed by atoms with E-state index in [-0.39, 0.29) is 29.8 Å². The molecule has 1 N–H and O–H groups in total. The number of aromatic nitrogens is 2. The van der Waals surface area contributed by atoms with Crippen LogP contribution >= 0.6 is 0 Å². The fourth-order valence-electron chi connectivity index (χ4n) is 3.62. The Balaban J connectivity index is 1.68. The quantitative estimate of drug-likeness (QED) is 0.496.